The Morgan fingerprint density at radius 2 is 2.10 bits per heavy atom. The van der Waals surface area contributed by atoms with E-state index in [1.807, 2.05) is 0 Å². The molecule has 0 aliphatic carbocycles. The Balaban J connectivity index is 2.69. The minimum Gasteiger partial charge on any atom is -0.306 e. The first-order valence-corrected chi connectivity index (χ1v) is 5.80. The standard InChI is InChI=1S/C4H8O4S2/c5-9(6)4-1-2-10(7,8)3-4/h4H,1-3H2,(H,5,6). The van der Waals surface area contributed by atoms with Gasteiger partial charge in [0.1, 0.15) is 0 Å². The highest BCUT2D eigenvalue weighted by Crippen LogP contribution is 2.15. The van der Waals surface area contributed by atoms with Crippen LogP contribution in [0.1, 0.15) is 6.42 Å². The van der Waals surface area contributed by atoms with Crippen molar-refractivity contribution in [1.29, 1.82) is 0 Å². The molecule has 4 nitrogen and oxygen atoms in total. The summed E-state index contributed by atoms with van der Waals surface area (Å²) in [4.78, 5) is 0. The third-order valence-electron chi connectivity index (χ3n) is 1.48. The SMILES string of the molecule is O=S(O)C1CCS(=O)(=O)C1. The molecule has 6 heteroatoms. The van der Waals surface area contributed by atoms with Crippen molar-refractivity contribution in [3.63, 3.8) is 0 Å². The molecule has 2 atom stereocenters. The normalized spacial score (nSPS) is 33.9. The van der Waals surface area contributed by atoms with E-state index in [2.05, 4.69) is 0 Å². The van der Waals surface area contributed by atoms with Gasteiger partial charge in [0.15, 0.2) is 20.9 Å². The fraction of sp³-hybridized carbons (Fsp3) is 1.00. The highest BCUT2D eigenvalue weighted by atomic mass is 32.2. The molecule has 1 aliphatic rings. The van der Waals surface area contributed by atoms with Gasteiger partial charge in [0, 0.05) is 0 Å². The smallest absolute Gasteiger partial charge is 0.157 e. The summed E-state index contributed by atoms with van der Waals surface area (Å²) >= 11 is -1.97. The number of sulfone groups is 1. The van der Waals surface area contributed by atoms with Gasteiger partial charge in [-0.2, -0.15) is 0 Å². The Morgan fingerprint density at radius 3 is 2.30 bits per heavy atom. The van der Waals surface area contributed by atoms with Crippen LogP contribution in [0.5, 0.6) is 0 Å². The minimum absolute atomic E-state index is 0.0595. The summed E-state index contributed by atoms with van der Waals surface area (Å²) in [6, 6.07) is 0. The molecule has 1 heterocycles. The Bertz CT molecular complexity index is 242. The van der Waals surface area contributed by atoms with Crippen LogP contribution in [0.2, 0.25) is 0 Å². The van der Waals surface area contributed by atoms with Gasteiger partial charge in [0.2, 0.25) is 0 Å². The average molecular weight is 184 g/mol. The van der Waals surface area contributed by atoms with Gasteiger partial charge in [0.25, 0.3) is 0 Å². The van der Waals surface area contributed by atoms with E-state index in [0.717, 1.165) is 0 Å². The van der Waals surface area contributed by atoms with Crippen molar-refractivity contribution < 1.29 is 17.2 Å². The minimum atomic E-state index is -2.99. The van der Waals surface area contributed by atoms with Crippen molar-refractivity contribution in [2.24, 2.45) is 0 Å². The predicted octanol–water partition coefficient (Wildman–Crippen LogP) is -0.605. The van der Waals surface area contributed by atoms with Gasteiger partial charge in [-0.1, -0.05) is 0 Å². The van der Waals surface area contributed by atoms with Gasteiger partial charge in [-0.15, -0.1) is 0 Å². The van der Waals surface area contributed by atoms with Crippen LogP contribution in [0.4, 0.5) is 0 Å². The molecule has 60 valence electrons. The molecule has 0 aromatic carbocycles. The second-order valence-corrected chi connectivity index (χ2v) is 5.75. The van der Waals surface area contributed by atoms with Crippen molar-refractivity contribution in [3.8, 4) is 0 Å². The maximum absolute atomic E-state index is 10.7. The third kappa shape index (κ3) is 1.77. The second-order valence-electron chi connectivity index (χ2n) is 2.30. The lowest BCUT2D eigenvalue weighted by Gasteiger charge is -1.97. The molecule has 2 unspecified atom stereocenters. The summed E-state index contributed by atoms with van der Waals surface area (Å²) in [5, 5.41) is -0.551. The van der Waals surface area contributed by atoms with E-state index in [-0.39, 0.29) is 11.5 Å². The first-order chi connectivity index (χ1) is 4.51. The van der Waals surface area contributed by atoms with Crippen LogP contribution in [0, 0.1) is 0 Å². The molecule has 0 amide bonds. The van der Waals surface area contributed by atoms with Crippen LogP contribution in [0.25, 0.3) is 0 Å². The summed E-state index contributed by atoms with van der Waals surface area (Å²) < 4.78 is 40.2. The fourth-order valence-electron chi connectivity index (χ4n) is 0.920. The Labute approximate surface area is 61.8 Å². The lowest BCUT2D eigenvalue weighted by atomic mass is 10.4. The van der Waals surface area contributed by atoms with E-state index in [1.165, 1.54) is 0 Å². The number of hydrogen-bond donors (Lipinski definition) is 1. The van der Waals surface area contributed by atoms with Crippen LogP contribution in [-0.2, 0) is 20.9 Å². The Morgan fingerprint density at radius 1 is 1.50 bits per heavy atom. The molecule has 1 N–H and O–H groups in total. The maximum Gasteiger partial charge on any atom is 0.157 e. The molecule has 0 radical (unpaired) electrons. The van der Waals surface area contributed by atoms with Gasteiger partial charge in [-0.05, 0) is 6.42 Å². The lowest BCUT2D eigenvalue weighted by molar-refractivity contribution is 0.551. The van der Waals surface area contributed by atoms with E-state index in [1.54, 1.807) is 0 Å². The van der Waals surface area contributed by atoms with E-state index in [0.29, 0.717) is 6.42 Å². The van der Waals surface area contributed by atoms with Gasteiger partial charge >= 0.3 is 0 Å². The largest absolute Gasteiger partial charge is 0.306 e. The van der Waals surface area contributed by atoms with Crippen molar-refractivity contribution in [3.05, 3.63) is 0 Å². The fourth-order valence-corrected chi connectivity index (χ4v) is 4.02. The molecule has 1 aliphatic heterocycles. The molecule has 0 bridgehead atoms. The van der Waals surface area contributed by atoms with Gasteiger partial charge < -0.3 is 4.55 Å². The van der Waals surface area contributed by atoms with Crippen molar-refractivity contribution in [2.75, 3.05) is 11.5 Å². The van der Waals surface area contributed by atoms with Crippen LogP contribution in [-0.4, -0.2) is 33.9 Å². The summed E-state index contributed by atoms with van der Waals surface area (Å²) in [7, 11) is -2.99. The van der Waals surface area contributed by atoms with E-state index in [9.17, 15) is 12.6 Å². The predicted molar refractivity (Wildman–Crippen MR) is 37.8 cm³/mol. The molecule has 10 heavy (non-hydrogen) atoms. The second kappa shape index (κ2) is 2.60. The van der Waals surface area contributed by atoms with Crippen molar-refractivity contribution in [1.82, 2.24) is 0 Å². The molecule has 1 rings (SSSR count). The van der Waals surface area contributed by atoms with E-state index in [4.69, 9.17) is 4.55 Å². The summed E-state index contributed by atoms with van der Waals surface area (Å²) in [6.45, 7) is 0. The number of hydrogen-bond acceptors (Lipinski definition) is 3. The Kier molecular flexibility index (Phi) is 2.12. The monoisotopic (exact) mass is 184 g/mol. The van der Waals surface area contributed by atoms with E-state index < -0.39 is 26.2 Å². The van der Waals surface area contributed by atoms with Crippen molar-refractivity contribution in [2.45, 2.75) is 11.7 Å². The van der Waals surface area contributed by atoms with Crippen LogP contribution < -0.4 is 0 Å². The summed E-state index contributed by atoms with van der Waals surface area (Å²) in [5.74, 6) is -0.0694. The quantitative estimate of drug-likeness (QED) is 0.552. The zero-order chi connectivity index (χ0) is 7.78. The molecule has 1 fully saturated rings. The molecule has 1 saturated heterocycles. The molecular weight excluding hydrogens is 176 g/mol. The summed E-state index contributed by atoms with van der Waals surface area (Å²) in [5.41, 5.74) is 0. The maximum atomic E-state index is 10.7. The molecule has 0 aromatic heterocycles. The first-order valence-electron chi connectivity index (χ1n) is 2.81. The molecule has 0 aromatic rings. The van der Waals surface area contributed by atoms with Crippen LogP contribution >= 0.6 is 0 Å². The molecular formula is C4H8O4S2. The topological polar surface area (TPSA) is 71.4 Å². The van der Waals surface area contributed by atoms with E-state index >= 15 is 0 Å². The Hall–Kier alpha value is 0.0600. The summed E-state index contributed by atoms with van der Waals surface area (Å²) in [6.07, 6.45) is 0.325. The van der Waals surface area contributed by atoms with Gasteiger partial charge in [-0.25, -0.2) is 12.6 Å². The average Bonchev–Trinajstić information content (AvgIpc) is 2.10. The highest BCUT2D eigenvalue weighted by Gasteiger charge is 2.31. The number of rotatable bonds is 1. The lowest BCUT2D eigenvalue weighted by Crippen LogP contribution is -2.15. The zero-order valence-electron chi connectivity index (χ0n) is 5.19. The first kappa shape index (κ1) is 8.16. The molecule has 0 saturated carbocycles. The van der Waals surface area contributed by atoms with Gasteiger partial charge in [0.05, 0.1) is 16.8 Å². The van der Waals surface area contributed by atoms with Crippen LogP contribution in [0.15, 0.2) is 0 Å². The van der Waals surface area contributed by atoms with Crippen molar-refractivity contribution >= 4 is 20.9 Å². The third-order valence-corrected chi connectivity index (χ3v) is 4.43. The molecule has 0 spiro atoms. The van der Waals surface area contributed by atoms with Gasteiger partial charge in [-0.3, -0.25) is 0 Å². The highest BCUT2D eigenvalue weighted by molar-refractivity contribution is 7.93. The zero-order valence-corrected chi connectivity index (χ0v) is 6.82. The van der Waals surface area contributed by atoms with Crippen LogP contribution in [0.3, 0.4) is 0 Å².